The monoisotopic (exact) mass is 618 g/mol. The van der Waals surface area contributed by atoms with E-state index in [4.69, 9.17) is 4.99 Å². The fourth-order valence-electron chi connectivity index (χ4n) is 7.40. The molecule has 0 bridgehead atoms. The average molecular weight is 619 g/mol. The second-order valence-electron chi connectivity index (χ2n) is 12.5. The van der Waals surface area contributed by atoms with Gasteiger partial charge < -0.3 is 0 Å². The minimum absolute atomic E-state index is 0.120. The third-order valence-electron chi connectivity index (χ3n) is 9.80. The molecule has 0 saturated heterocycles. The van der Waals surface area contributed by atoms with Crippen molar-refractivity contribution in [3.8, 4) is 17.2 Å². The van der Waals surface area contributed by atoms with Gasteiger partial charge in [0.2, 0.25) is 0 Å². The second kappa shape index (κ2) is 13.5. The van der Waals surface area contributed by atoms with Gasteiger partial charge in [0.15, 0.2) is 0 Å². The van der Waals surface area contributed by atoms with Crippen LogP contribution in [-0.4, -0.2) is 5.71 Å². The summed E-state index contributed by atoms with van der Waals surface area (Å²) in [4.78, 5) is 5.16. The molecule has 0 amide bonds. The highest BCUT2D eigenvalue weighted by atomic mass is 14.7. The van der Waals surface area contributed by atoms with Crippen molar-refractivity contribution >= 4 is 11.3 Å². The molecule has 6 aromatic carbocycles. The molecule has 48 heavy (non-hydrogen) atoms. The highest BCUT2D eigenvalue weighted by Crippen LogP contribution is 2.56. The second-order valence-corrected chi connectivity index (χ2v) is 12.5. The highest BCUT2D eigenvalue weighted by molar-refractivity contribution is 6.19. The smallest absolute Gasteiger partial charge is 0.102 e. The lowest BCUT2D eigenvalue weighted by Gasteiger charge is -2.34. The van der Waals surface area contributed by atoms with E-state index in [1.807, 2.05) is 36.4 Å². The van der Waals surface area contributed by atoms with Crippen LogP contribution >= 0.6 is 0 Å². The molecule has 2 nitrogen and oxygen atoms in total. The van der Waals surface area contributed by atoms with Gasteiger partial charge in [0.1, 0.15) is 6.07 Å². The Morgan fingerprint density at radius 3 is 1.77 bits per heavy atom. The average Bonchev–Trinajstić information content (AvgIpc) is 3.46. The number of nitrogens with zero attached hydrogens (tertiary/aromatic N) is 2. The summed E-state index contributed by atoms with van der Waals surface area (Å²) in [5.41, 5.74) is 12.4. The van der Waals surface area contributed by atoms with Gasteiger partial charge in [0, 0.05) is 5.56 Å². The first-order valence-electron chi connectivity index (χ1n) is 16.8. The molecule has 1 aliphatic rings. The van der Waals surface area contributed by atoms with Crippen LogP contribution in [0.5, 0.6) is 0 Å². The van der Waals surface area contributed by atoms with Crippen LogP contribution in [-0.2, 0) is 12.0 Å². The van der Waals surface area contributed by atoms with Gasteiger partial charge in [-0.3, -0.25) is 4.99 Å². The lowest BCUT2D eigenvalue weighted by Crippen LogP contribution is -2.28. The van der Waals surface area contributed by atoms with Gasteiger partial charge in [-0.1, -0.05) is 172 Å². The molecule has 0 saturated carbocycles. The van der Waals surface area contributed by atoms with Crippen LogP contribution in [0.2, 0.25) is 0 Å². The largest absolute Gasteiger partial charge is 0.279 e. The van der Waals surface area contributed by atoms with E-state index in [0.717, 1.165) is 34.4 Å². The van der Waals surface area contributed by atoms with Crippen molar-refractivity contribution in [1.82, 2.24) is 0 Å². The van der Waals surface area contributed by atoms with E-state index in [1.165, 1.54) is 33.4 Å². The van der Waals surface area contributed by atoms with Gasteiger partial charge in [-0.15, -0.1) is 0 Å². The topological polar surface area (TPSA) is 36.1 Å². The summed E-state index contributed by atoms with van der Waals surface area (Å²) in [7, 11) is 0. The Balaban J connectivity index is 1.51. The van der Waals surface area contributed by atoms with Gasteiger partial charge in [-0.25, -0.2) is 0 Å². The summed E-state index contributed by atoms with van der Waals surface area (Å²) < 4.78 is 0. The minimum atomic E-state index is -0.512. The first kappa shape index (κ1) is 30.9. The van der Waals surface area contributed by atoms with E-state index >= 15 is 0 Å². The molecule has 0 fully saturated rings. The number of allylic oxidation sites excluding steroid dienone is 2. The molecule has 0 heterocycles. The van der Waals surface area contributed by atoms with Gasteiger partial charge >= 0.3 is 0 Å². The molecule has 0 radical (unpaired) electrons. The molecule has 0 aliphatic heterocycles. The Morgan fingerprint density at radius 2 is 1.17 bits per heavy atom. The molecule has 0 aromatic heterocycles. The number of aliphatic imine (C=N–C) groups is 1. The third kappa shape index (κ3) is 5.38. The van der Waals surface area contributed by atoms with Crippen molar-refractivity contribution in [3.05, 3.63) is 208 Å². The standard InChI is InChI=1S/C46H38N2/c1-3-33(2)44(41(31-47)45(35-20-10-5-11-21-35)48-32-34-18-8-4-9-19-34)36-28-29-40-39-26-16-17-27-42(39)46(43(40)30-36,37-22-12-6-13-23-37)38-24-14-7-15-25-38/h4-30,33H,3,32H2,1-2H3/b44-41+,48-45?. The molecule has 7 rings (SSSR count). The zero-order valence-corrected chi connectivity index (χ0v) is 27.5. The van der Waals surface area contributed by atoms with E-state index in [1.54, 1.807) is 0 Å². The third-order valence-corrected chi connectivity index (χ3v) is 9.80. The Kier molecular flexibility index (Phi) is 8.69. The highest BCUT2D eigenvalue weighted by Gasteiger charge is 2.46. The first-order chi connectivity index (χ1) is 23.7. The van der Waals surface area contributed by atoms with Crippen LogP contribution in [0.25, 0.3) is 16.7 Å². The molecule has 1 atom stereocenters. The minimum Gasteiger partial charge on any atom is -0.279 e. The lowest BCUT2D eigenvalue weighted by atomic mass is 9.67. The number of rotatable bonds is 9. The predicted octanol–water partition coefficient (Wildman–Crippen LogP) is 11.1. The molecule has 0 spiro atoms. The molecule has 1 unspecified atom stereocenters. The molecule has 2 heteroatoms. The molecule has 1 aliphatic carbocycles. The van der Waals surface area contributed by atoms with Crippen molar-refractivity contribution in [1.29, 1.82) is 5.26 Å². The van der Waals surface area contributed by atoms with Crippen LogP contribution in [0.1, 0.15) is 59.2 Å². The summed E-state index contributed by atoms with van der Waals surface area (Å²) in [6.07, 6.45) is 0.890. The van der Waals surface area contributed by atoms with Crippen LogP contribution < -0.4 is 0 Å². The van der Waals surface area contributed by atoms with Crippen molar-refractivity contribution in [3.63, 3.8) is 0 Å². The summed E-state index contributed by atoms with van der Waals surface area (Å²) in [6, 6.07) is 60.5. The van der Waals surface area contributed by atoms with E-state index in [-0.39, 0.29) is 5.92 Å². The van der Waals surface area contributed by atoms with Gasteiger partial charge in [-0.2, -0.15) is 5.26 Å². The molecular formula is C46H38N2. The summed E-state index contributed by atoms with van der Waals surface area (Å²) in [6.45, 7) is 4.93. The number of hydrogen-bond donors (Lipinski definition) is 0. The normalized spacial score (nSPS) is 14.3. The number of nitriles is 1. The maximum Gasteiger partial charge on any atom is 0.102 e. The predicted molar refractivity (Wildman–Crippen MR) is 199 cm³/mol. The van der Waals surface area contributed by atoms with E-state index < -0.39 is 5.41 Å². The lowest BCUT2D eigenvalue weighted by molar-refractivity contribution is 0.715. The van der Waals surface area contributed by atoms with Crippen LogP contribution in [0.4, 0.5) is 0 Å². The summed E-state index contributed by atoms with van der Waals surface area (Å²) in [5, 5.41) is 11.0. The van der Waals surface area contributed by atoms with Crippen LogP contribution in [0, 0.1) is 17.2 Å². The Hall–Kier alpha value is -5.78. The zero-order chi connectivity index (χ0) is 32.9. The van der Waals surface area contributed by atoms with E-state index in [2.05, 4.69) is 147 Å². The maximum absolute atomic E-state index is 11.0. The van der Waals surface area contributed by atoms with Crippen molar-refractivity contribution in [2.24, 2.45) is 10.9 Å². The van der Waals surface area contributed by atoms with Gasteiger partial charge in [0.05, 0.1) is 23.2 Å². The Bertz CT molecular complexity index is 2100. The fraction of sp³-hybridized carbons (Fsp3) is 0.130. The SMILES string of the molecule is CCC(C)/C(=C(/C#N)C(=NCc1ccccc1)c1ccccc1)c1ccc2c(c1)C(c1ccccc1)(c1ccccc1)c1ccccc1-2. The molecule has 232 valence electrons. The number of fused-ring (bicyclic) bond motifs is 3. The molecule has 0 N–H and O–H groups in total. The number of benzene rings is 6. The van der Waals surface area contributed by atoms with Gasteiger partial charge in [-0.05, 0) is 68.5 Å². The van der Waals surface area contributed by atoms with Gasteiger partial charge in [0.25, 0.3) is 0 Å². The Labute approximate surface area is 284 Å². The van der Waals surface area contributed by atoms with Crippen molar-refractivity contribution in [2.75, 3.05) is 0 Å². The van der Waals surface area contributed by atoms with Crippen molar-refractivity contribution in [2.45, 2.75) is 32.2 Å². The first-order valence-corrected chi connectivity index (χ1v) is 16.8. The maximum atomic E-state index is 11.0. The van der Waals surface area contributed by atoms with E-state index in [0.29, 0.717) is 12.1 Å². The molecule has 6 aromatic rings. The van der Waals surface area contributed by atoms with Crippen LogP contribution in [0.15, 0.2) is 174 Å². The fourth-order valence-corrected chi connectivity index (χ4v) is 7.40. The molecular weight excluding hydrogens is 581 g/mol. The summed E-state index contributed by atoms with van der Waals surface area (Å²) >= 11 is 0. The zero-order valence-electron chi connectivity index (χ0n) is 27.5. The van der Waals surface area contributed by atoms with Crippen molar-refractivity contribution < 1.29 is 0 Å². The van der Waals surface area contributed by atoms with Crippen LogP contribution in [0.3, 0.4) is 0 Å². The number of hydrogen-bond acceptors (Lipinski definition) is 2. The Morgan fingerprint density at radius 1 is 0.625 bits per heavy atom. The quantitative estimate of drug-likeness (QED) is 0.117. The summed E-state index contributed by atoms with van der Waals surface area (Å²) in [5.74, 6) is 0.120. The van der Waals surface area contributed by atoms with E-state index in [9.17, 15) is 5.26 Å².